The van der Waals surface area contributed by atoms with Gasteiger partial charge >= 0.3 is 0 Å². The summed E-state index contributed by atoms with van der Waals surface area (Å²) in [5.41, 5.74) is 3.20. The number of hydrogen-bond acceptors (Lipinski definition) is 6. The summed E-state index contributed by atoms with van der Waals surface area (Å²) in [7, 11) is 0. The van der Waals surface area contributed by atoms with Crippen LogP contribution < -0.4 is 5.43 Å². The minimum absolute atomic E-state index is 0.0843. The second-order valence-corrected chi connectivity index (χ2v) is 5.23. The smallest absolute Gasteiger partial charge is 0.263 e. The summed E-state index contributed by atoms with van der Waals surface area (Å²) in [5, 5.41) is 15.7. The summed E-state index contributed by atoms with van der Waals surface area (Å²) in [5.74, 6) is 0.605. The molecule has 116 valence electrons. The summed E-state index contributed by atoms with van der Waals surface area (Å²) in [4.78, 5) is 13.0. The standard InChI is InChI=1S/C14H11BrN6O2/c15-12-7-6-11(23-12)8-16-17-13(22)9-21-19-14(18-20-21)10-4-2-1-3-5-10/h1-8H,9H2,(H,17,22)/b16-8+. The highest BCUT2D eigenvalue weighted by Gasteiger charge is 2.08. The molecule has 3 rings (SSSR count). The Labute approximate surface area is 139 Å². The van der Waals surface area contributed by atoms with E-state index < -0.39 is 0 Å². The summed E-state index contributed by atoms with van der Waals surface area (Å²) in [6.45, 7) is -0.0843. The minimum Gasteiger partial charge on any atom is -0.448 e. The molecule has 0 saturated carbocycles. The van der Waals surface area contributed by atoms with E-state index in [1.165, 1.54) is 11.0 Å². The van der Waals surface area contributed by atoms with E-state index in [-0.39, 0.29) is 12.5 Å². The van der Waals surface area contributed by atoms with Crippen molar-refractivity contribution in [3.05, 3.63) is 52.9 Å². The van der Waals surface area contributed by atoms with Crippen LogP contribution in [-0.4, -0.2) is 32.3 Å². The van der Waals surface area contributed by atoms with Crippen LogP contribution in [0.2, 0.25) is 0 Å². The highest BCUT2D eigenvalue weighted by molar-refractivity contribution is 9.10. The lowest BCUT2D eigenvalue weighted by molar-refractivity contribution is -0.122. The number of tetrazole rings is 1. The van der Waals surface area contributed by atoms with Gasteiger partial charge in [-0.2, -0.15) is 9.90 Å². The monoisotopic (exact) mass is 374 g/mol. The molecule has 0 bridgehead atoms. The van der Waals surface area contributed by atoms with Gasteiger partial charge in [-0.05, 0) is 33.3 Å². The number of hydrogen-bond donors (Lipinski definition) is 1. The van der Waals surface area contributed by atoms with Gasteiger partial charge in [-0.25, -0.2) is 5.43 Å². The quantitative estimate of drug-likeness (QED) is 0.542. The van der Waals surface area contributed by atoms with Crippen molar-refractivity contribution >= 4 is 28.1 Å². The predicted molar refractivity (Wildman–Crippen MR) is 85.4 cm³/mol. The molecule has 8 nitrogen and oxygen atoms in total. The Balaban J connectivity index is 1.56. The molecule has 0 aliphatic rings. The first kappa shape index (κ1) is 15.1. The Morgan fingerprint density at radius 3 is 2.87 bits per heavy atom. The molecule has 9 heteroatoms. The second-order valence-electron chi connectivity index (χ2n) is 4.44. The number of hydrazone groups is 1. The van der Waals surface area contributed by atoms with Crippen molar-refractivity contribution in [3.63, 3.8) is 0 Å². The lowest BCUT2D eigenvalue weighted by atomic mass is 10.2. The number of carbonyl (C=O) groups excluding carboxylic acids is 1. The van der Waals surface area contributed by atoms with Gasteiger partial charge in [0.2, 0.25) is 5.82 Å². The van der Waals surface area contributed by atoms with Crippen molar-refractivity contribution in [2.24, 2.45) is 5.10 Å². The van der Waals surface area contributed by atoms with Crippen molar-refractivity contribution in [2.45, 2.75) is 6.54 Å². The average Bonchev–Trinajstić information content (AvgIpc) is 3.17. The first-order chi connectivity index (χ1) is 11.2. The number of amides is 1. The predicted octanol–water partition coefficient (Wildman–Crippen LogP) is 1.85. The molecule has 0 aliphatic heterocycles. The number of furan rings is 1. The van der Waals surface area contributed by atoms with Crippen LogP contribution in [0, 0.1) is 0 Å². The first-order valence-electron chi connectivity index (χ1n) is 6.61. The maximum Gasteiger partial charge on any atom is 0.263 e. The van der Waals surface area contributed by atoms with Crippen molar-refractivity contribution < 1.29 is 9.21 Å². The summed E-state index contributed by atoms with van der Waals surface area (Å²) in [6, 6.07) is 12.8. The molecule has 3 aromatic rings. The second kappa shape index (κ2) is 6.97. The van der Waals surface area contributed by atoms with E-state index >= 15 is 0 Å². The number of nitrogens with one attached hydrogen (secondary N) is 1. The van der Waals surface area contributed by atoms with Crippen molar-refractivity contribution in [3.8, 4) is 11.4 Å². The molecular weight excluding hydrogens is 364 g/mol. The van der Waals surface area contributed by atoms with Crippen molar-refractivity contribution in [2.75, 3.05) is 0 Å². The molecule has 0 aliphatic carbocycles. The topological polar surface area (TPSA) is 98.2 Å². The molecule has 0 spiro atoms. The molecule has 0 saturated heterocycles. The van der Waals surface area contributed by atoms with E-state index in [0.29, 0.717) is 16.3 Å². The summed E-state index contributed by atoms with van der Waals surface area (Å²) >= 11 is 3.18. The van der Waals surface area contributed by atoms with E-state index in [1.807, 2.05) is 30.3 Å². The lowest BCUT2D eigenvalue weighted by Crippen LogP contribution is -2.24. The molecule has 2 aromatic heterocycles. The number of aromatic nitrogens is 4. The molecule has 0 atom stereocenters. The number of benzene rings is 1. The summed E-state index contributed by atoms with van der Waals surface area (Å²) < 4.78 is 5.80. The highest BCUT2D eigenvalue weighted by atomic mass is 79.9. The molecule has 2 heterocycles. The number of rotatable bonds is 5. The maximum absolute atomic E-state index is 11.8. The van der Waals surface area contributed by atoms with E-state index in [1.54, 1.807) is 12.1 Å². The average molecular weight is 375 g/mol. The molecule has 1 N–H and O–H groups in total. The molecule has 23 heavy (non-hydrogen) atoms. The van der Waals surface area contributed by atoms with Crippen LogP contribution in [0.15, 0.2) is 56.7 Å². The third-order valence-corrected chi connectivity index (χ3v) is 3.17. The number of nitrogens with zero attached hydrogens (tertiary/aromatic N) is 5. The van der Waals surface area contributed by atoms with Gasteiger partial charge in [-0.15, -0.1) is 10.2 Å². The molecule has 0 radical (unpaired) electrons. The zero-order valence-corrected chi connectivity index (χ0v) is 13.3. The highest BCUT2D eigenvalue weighted by Crippen LogP contribution is 2.12. The van der Waals surface area contributed by atoms with Crippen LogP contribution in [0.25, 0.3) is 11.4 Å². The fourth-order valence-corrected chi connectivity index (χ4v) is 2.06. The van der Waals surface area contributed by atoms with Gasteiger partial charge in [-0.1, -0.05) is 30.3 Å². The molecule has 0 fully saturated rings. The van der Waals surface area contributed by atoms with Crippen LogP contribution in [-0.2, 0) is 11.3 Å². The fourth-order valence-electron chi connectivity index (χ4n) is 1.74. The SMILES string of the molecule is O=C(Cn1nnc(-c2ccccc2)n1)N/N=C/c1ccc(Br)o1. The van der Waals surface area contributed by atoms with E-state index in [0.717, 1.165) is 5.56 Å². The van der Waals surface area contributed by atoms with Gasteiger partial charge in [0.05, 0.1) is 6.21 Å². The lowest BCUT2D eigenvalue weighted by Gasteiger charge is -1.97. The number of halogens is 1. The molecular formula is C14H11BrN6O2. The van der Waals surface area contributed by atoms with Crippen LogP contribution in [0.3, 0.4) is 0 Å². The molecule has 1 aromatic carbocycles. The first-order valence-corrected chi connectivity index (χ1v) is 7.40. The van der Waals surface area contributed by atoms with E-state index in [2.05, 4.69) is 41.9 Å². The normalized spacial score (nSPS) is 11.0. The third-order valence-electron chi connectivity index (χ3n) is 2.74. The van der Waals surface area contributed by atoms with Gasteiger partial charge in [0, 0.05) is 5.56 Å². The van der Waals surface area contributed by atoms with Crippen LogP contribution >= 0.6 is 15.9 Å². The Morgan fingerprint density at radius 1 is 1.30 bits per heavy atom. The van der Waals surface area contributed by atoms with Gasteiger partial charge in [0.25, 0.3) is 5.91 Å². The zero-order chi connectivity index (χ0) is 16.1. The fraction of sp³-hybridized carbons (Fsp3) is 0.0714. The Hall–Kier alpha value is -2.81. The largest absolute Gasteiger partial charge is 0.448 e. The van der Waals surface area contributed by atoms with Crippen LogP contribution in [0.4, 0.5) is 0 Å². The number of carbonyl (C=O) groups is 1. The summed E-state index contributed by atoms with van der Waals surface area (Å²) in [6.07, 6.45) is 1.40. The maximum atomic E-state index is 11.8. The minimum atomic E-state index is -0.371. The van der Waals surface area contributed by atoms with Gasteiger partial charge < -0.3 is 4.42 Å². The Bertz CT molecular complexity index is 827. The van der Waals surface area contributed by atoms with Crippen molar-refractivity contribution in [1.82, 2.24) is 25.6 Å². The van der Waals surface area contributed by atoms with Gasteiger partial charge in [-0.3, -0.25) is 4.79 Å². The van der Waals surface area contributed by atoms with Crippen LogP contribution in [0.5, 0.6) is 0 Å². The van der Waals surface area contributed by atoms with Gasteiger partial charge in [0.15, 0.2) is 4.67 Å². The third kappa shape index (κ3) is 4.10. The van der Waals surface area contributed by atoms with E-state index in [4.69, 9.17) is 4.42 Å². The molecule has 1 amide bonds. The Morgan fingerprint density at radius 2 is 2.13 bits per heavy atom. The van der Waals surface area contributed by atoms with E-state index in [9.17, 15) is 4.79 Å². The Kier molecular flexibility index (Phi) is 4.57. The van der Waals surface area contributed by atoms with Gasteiger partial charge in [0.1, 0.15) is 12.3 Å². The molecule has 0 unspecified atom stereocenters. The van der Waals surface area contributed by atoms with Crippen LogP contribution in [0.1, 0.15) is 5.76 Å². The van der Waals surface area contributed by atoms with Crippen molar-refractivity contribution in [1.29, 1.82) is 0 Å². The zero-order valence-electron chi connectivity index (χ0n) is 11.8.